The molecule has 9 nitrogen and oxygen atoms in total. The van der Waals surface area contributed by atoms with Crippen molar-refractivity contribution >= 4 is 81.6 Å². The highest BCUT2D eigenvalue weighted by molar-refractivity contribution is 7.98. The average molecular weight is 621 g/mol. The Morgan fingerprint density at radius 1 is 1.18 bits per heavy atom. The molecule has 204 valence electrons. The van der Waals surface area contributed by atoms with Gasteiger partial charge in [0.25, 0.3) is 5.91 Å². The fourth-order valence-electron chi connectivity index (χ4n) is 3.45. The molecule has 0 aliphatic carbocycles. The van der Waals surface area contributed by atoms with Crippen LogP contribution in [0.1, 0.15) is 20.3 Å². The molecule has 3 N–H and O–H groups in total. The number of aromatic nitrogens is 2. The summed E-state index contributed by atoms with van der Waals surface area (Å²) in [5.74, 6) is -1.05. The Bertz CT molecular complexity index is 1260. The number of hydrogen-bond donors (Lipinski definition) is 2. The molecule has 0 radical (unpaired) electrons. The molecule has 0 saturated heterocycles. The van der Waals surface area contributed by atoms with E-state index in [4.69, 9.17) is 56.7 Å². The summed E-state index contributed by atoms with van der Waals surface area (Å²) in [5, 5.41) is 3.59. The van der Waals surface area contributed by atoms with Gasteiger partial charge in [0.2, 0.25) is 11.7 Å². The van der Waals surface area contributed by atoms with Crippen LogP contribution in [0.4, 0.5) is 5.69 Å². The van der Waals surface area contributed by atoms with Crippen LogP contribution in [0, 0.1) is 5.92 Å². The summed E-state index contributed by atoms with van der Waals surface area (Å²) in [4.78, 5) is 42.4. The first-order chi connectivity index (χ1) is 18.0. The van der Waals surface area contributed by atoms with Crippen molar-refractivity contribution in [2.45, 2.75) is 36.0 Å². The van der Waals surface area contributed by atoms with E-state index in [0.717, 1.165) is 0 Å². The SMILES string of the molecule is CC(C)C(NC(=O)CN)C(=O)CCN(C(=O)C(Cl)Cl)c1ccnc(-c2cn(Sc3c(Cl)cccc3Cl)o2)c1. The standard InChI is InChI=1S/C24H25Cl4N5O4S/c1-13(2)21(31-20(35)11-29)18(34)7-9-32(24(36)23(27)28)14-6-8-30-17(10-14)19-12-33(37-19)38-22-15(25)4-3-5-16(22)26/h3-6,8,10,12-13,21,23H,7,9,11,29H2,1-2H3,(H,31,35). The van der Waals surface area contributed by atoms with Crippen LogP contribution in [0.5, 0.6) is 0 Å². The topological polar surface area (TPSA) is 123 Å². The second kappa shape index (κ2) is 13.7. The third kappa shape index (κ3) is 7.68. The van der Waals surface area contributed by atoms with Gasteiger partial charge >= 0.3 is 0 Å². The molecule has 1 aromatic carbocycles. The van der Waals surface area contributed by atoms with E-state index in [1.165, 1.54) is 27.2 Å². The molecule has 2 heterocycles. The predicted octanol–water partition coefficient (Wildman–Crippen LogP) is 5.20. The third-order valence-corrected chi connectivity index (χ3v) is 7.58. The van der Waals surface area contributed by atoms with Crippen molar-refractivity contribution in [3.8, 4) is 11.5 Å². The van der Waals surface area contributed by atoms with E-state index in [-0.39, 0.29) is 31.2 Å². The number of hydrogen-bond acceptors (Lipinski definition) is 7. The number of amides is 2. The van der Waals surface area contributed by atoms with Crippen LogP contribution in [-0.4, -0.2) is 50.7 Å². The van der Waals surface area contributed by atoms with Gasteiger partial charge in [-0.1, -0.05) is 66.3 Å². The van der Waals surface area contributed by atoms with Crippen molar-refractivity contribution in [2.24, 2.45) is 11.7 Å². The van der Waals surface area contributed by atoms with Gasteiger partial charge < -0.3 is 20.5 Å². The molecule has 2 aromatic heterocycles. The minimum Gasteiger partial charge on any atom is -0.365 e. The zero-order valence-corrected chi connectivity index (χ0v) is 24.2. The minimum atomic E-state index is -1.36. The molecule has 3 aromatic rings. The van der Waals surface area contributed by atoms with Crippen LogP contribution in [0.3, 0.4) is 0 Å². The highest BCUT2D eigenvalue weighted by atomic mass is 35.5. The van der Waals surface area contributed by atoms with Gasteiger partial charge in [0.1, 0.15) is 5.69 Å². The summed E-state index contributed by atoms with van der Waals surface area (Å²) in [6.07, 6.45) is 3.12. The fraction of sp³-hybridized carbons (Fsp3) is 0.333. The largest absolute Gasteiger partial charge is 0.365 e. The molecule has 1 unspecified atom stereocenters. The molecule has 0 fully saturated rings. The Labute approximate surface area is 244 Å². The summed E-state index contributed by atoms with van der Waals surface area (Å²) >= 11 is 25.4. The van der Waals surface area contributed by atoms with Gasteiger partial charge in [-0.05, 0) is 30.2 Å². The number of carbonyl (C=O) groups excluding carboxylic acids is 3. The summed E-state index contributed by atoms with van der Waals surface area (Å²) in [6.45, 7) is 3.35. The fourth-order valence-corrected chi connectivity index (χ4v) is 5.04. The number of Topliss-reactive ketones (excluding diaryl/α,β-unsaturated/α-hetero) is 1. The minimum absolute atomic E-state index is 0.0222. The van der Waals surface area contributed by atoms with Crippen LogP contribution < -0.4 is 16.0 Å². The van der Waals surface area contributed by atoms with E-state index in [1.54, 1.807) is 50.4 Å². The molecule has 0 bridgehead atoms. The lowest BCUT2D eigenvalue weighted by Gasteiger charge is -2.26. The van der Waals surface area contributed by atoms with E-state index in [2.05, 4.69) is 10.3 Å². The molecule has 0 aliphatic rings. The van der Waals surface area contributed by atoms with Gasteiger partial charge in [0.15, 0.2) is 10.6 Å². The molecule has 0 saturated carbocycles. The zero-order valence-electron chi connectivity index (χ0n) is 20.4. The van der Waals surface area contributed by atoms with Crippen molar-refractivity contribution in [2.75, 3.05) is 18.0 Å². The Balaban J connectivity index is 1.77. The Kier molecular flexibility index (Phi) is 11.0. The maximum absolute atomic E-state index is 12.9. The molecule has 14 heteroatoms. The first kappa shape index (κ1) is 30.3. The number of nitrogens with one attached hydrogen (secondary N) is 1. The molecule has 3 rings (SSSR count). The van der Waals surface area contributed by atoms with Gasteiger partial charge in [-0.15, -0.1) is 4.15 Å². The van der Waals surface area contributed by atoms with Crippen molar-refractivity contribution < 1.29 is 18.9 Å². The molecule has 2 amide bonds. The first-order valence-electron chi connectivity index (χ1n) is 11.4. The summed E-state index contributed by atoms with van der Waals surface area (Å²) < 4.78 is 7.17. The van der Waals surface area contributed by atoms with Crippen molar-refractivity contribution in [1.29, 1.82) is 0 Å². The van der Waals surface area contributed by atoms with Crippen molar-refractivity contribution in [3.05, 3.63) is 52.8 Å². The lowest BCUT2D eigenvalue weighted by atomic mass is 9.97. The number of ketones is 1. The number of rotatable bonds is 12. The van der Waals surface area contributed by atoms with Crippen LogP contribution in [-0.2, 0) is 14.4 Å². The molecular weight excluding hydrogens is 596 g/mol. The monoisotopic (exact) mass is 619 g/mol. The number of nitrogens with zero attached hydrogens (tertiary/aromatic N) is 3. The number of alkyl halides is 2. The van der Waals surface area contributed by atoms with E-state index in [0.29, 0.717) is 32.1 Å². The predicted molar refractivity (Wildman–Crippen MR) is 151 cm³/mol. The van der Waals surface area contributed by atoms with Gasteiger partial charge in [0.05, 0.1) is 33.7 Å². The van der Waals surface area contributed by atoms with Crippen LogP contribution >= 0.6 is 58.4 Å². The molecule has 1 atom stereocenters. The maximum Gasteiger partial charge on any atom is 0.260 e. The van der Waals surface area contributed by atoms with Gasteiger partial charge in [-0.3, -0.25) is 19.4 Å². The maximum atomic E-state index is 12.9. The number of anilines is 1. The number of benzene rings is 1. The number of carbonyl (C=O) groups is 3. The number of nitrogens with two attached hydrogens (primary N) is 1. The lowest BCUT2D eigenvalue weighted by Crippen LogP contribution is -2.47. The van der Waals surface area contributed by atoms with Gasteiger partial charge in [0, 0.05) is 36.8 Å². The van der Waals surface area contributed by atoms with E-state index in [1.807, 2.05) is 0 Å². The summed E-state index contributed by atoms with van der Waals surface area (Å²) in [5.41, 5.74) is 6.21. The molecule has 38 heavy (non-hydrogen) atoms. The molecule has 0 spiro atoms. The quantitative estimate of drug-likeness (QED) is 0.267. The van der Waals surface area contributed by atoms with E-state index >= 15 is 0 Å². The van der Waals surface area contributed by atoms with Crippen molar-refractivity contribution in [3.63, 3.8) is 0 Å². The average Bonchev–Trinajstić information content (AvgIpc) is 2.85. The van der Waals surface area contributed by atoms with E-state index < -0.39 is 22.7 Å². The van der Waals surface area contributed by atoms with E-state index in [9.17, 15) is 14.4 Å². The van der Waals surface area contributed by atoms with Crippen LogP contribution in [0.25, 0.3) is 11.5 Å². The Hall–Kier alpha value is -2.21. The Morgan fingerprint density at radius 2 is 1.84 bits per heavy atom. The number of pyridine rings is 1. The zero-order chi connectivity index (χ0) is 28.0. The van der Waals surface area contributed by atoms with Gasteiger partial charge in [-0.25, -0.2) is 0 Å². The smallest absolute Gasteiger partial charge is 0.260 e. The highest BCUT2D eigenvalue weighted by Gasteiger charge is 2.28. The van der Waals surface area contributed by atoms with Gasteiger partial charge in [-0.2, -0.15) is 0 Å². The second-order valence-electron chi connectivity index (χ2n) is 8.41. The normalized spacial score (nSPS) is 12.1. The highest BCUT2D eigenvalue weighted by Crippen LogP contribution is 2.37. The first-order valence-corrected chi connectivity index (χ1v) is 13.8. The van der Waals surface area contributed by atoms with Crippen LogP contribution in [0.15, 0.2) is 52.1 Å². The molecular formula is C24H25Cl4N5O4S. The summed E-state index contributed by atoms with van der Waals surface area (Å²) in [7, 11) is 0. The number of halogens is 4. The Morgan fingerprint density at radius 3 is 2.42 bits per heavy atom. The van der Waals surface area contributed by atoms with Crippen molar-refractivity contribution in [1.82, 2.24) is 14.4 Å². The lowest BCUT2D eigenvalue weighted by molar-refractivity contribution is -0.128. The summed E-state index contributed by atoms with van der Waals surface area (Å²) in [6, 6.07) is 7.64. The third-order valence-electron chi connectivity index (χ3n) is 5.37. The van der Waals surface area contributed by atoms with Crippen LogP contribution in [0.2, 0.25) is 10.0 Å². The second-order valence-corrected chi connectivity index (χ2v) is 11.3. The molecule has 0 aliphatic heterocycles.